The summed E-state index contributed by atoms with van der Waals surface area (Å²) in [6, 6.07) is 7.58. The van der Waals surface area contributed by atoms with Crippen LogP contribution in [0.2, 0.25) is 0 Å². The van der Waals surface area contributed by atoms with E-state index in [0.29, 0.717) is 32.4 Å². The number of unbranched alkanes of at least 4 members (excludes halogenated alkanes) is 1. The molecule has 1 aromatic rings. The third-order valence-corrected chi connectivity index (χ3v) is 7.14. The Balaban J connectivity index is 0.000000538. The van der Waals surface area contributed by atoms with Crippen LogP contribution in [0.25, 0.3) is 0 Å². The van der Waals surface area contributed by atoms with E-state index in [1.165, 1.54) is 9.80 Å². The smallest absolute Gasteiger partial charge is 0.410 e. The standard InChI is InChI=1S/C23H34N2O5.C5H9NO2/c1-4-6-14-25(23(29)30-16-18-11-8-7-9-12-18)20(17(3)5-2)21(26)24-15-10-13-19(24)22(27)28;7-5(8)4-2-1-3-6-4/h7-9,11-12,17,19-20H,4-6,10,13-16H2,1-3H3,(H,27,28);4,6H,1-3H2,(H,7,8)/t17-,19-,20-;4-/m00/s1. The van der Waals surface area contributed by atoms with Gasteiger partial charge in [-0.1, -0.05) is 63.9 Å². The number of carbonyl (C=O) groups is 4. The SMILES string of the molecule is CCCCN(C(=O)OCc1ccccc1)[C@H](C(=O)N1CCC[C@H]1C(=O)O)[C@@H](C)CC.O=C(O)[C@@H]1CCCN1. The molecule has 2 fully saturated rings. The van der Waals surface area contributed by atoms with Crippen molar-refractivity contribution in [2.24, 2.45) is 5.92 Å². The van der Waals surface area contributed by atoms with Gasteiger partial charge in [0.2, 0.25) is 5.91 Å². The summed E-state index contributed by atoms with van der Waals surface area (Å²) in [5.74, 6) is -2.12. The number of benzene rings is 1. The molecule has 10 heteroatoms. The number of carboxylic acids is 2. The van der Waals surface area contributed by atoms with Crippen molar-refractivity contribution in [3.05, 3.63) is 35.9 Å². The number of ether oxygens (including phenoxy) is 1. The van der Waals surface area contributed by atoms with E-state index in [-0.39, 0.29) is 24.5 Å². The molecule has 2 heterocycles. The normalized spacial score (nSPS) is 20.1. The zero-order valence-electron chi connectivity index (χ0n) is 22.8. The summed E-state index contributed by atoms with van der Waals surface area (Å²) < 4.78 is 5.55. The summed E-state index contributed by atoms with van der Waals surface area (Å²) in [4.78, 5) is 51.2. The molecule has 0 unspecified atom stereocenters. The van der Waals surface area contributed by atoms with E-state index in [2.05, 4.69) is 5.32 Å². The molecule has 3 N–H and O–H groups in total. The number of amides is 2. The van der Waals surface area contributed by atoms with E-state index >= 15 is 0 Å². The summed E-state index contributed by atoms with van der Waals surface area (Å²) in [6.45, 7) is 7.71. The van der Waals surface area contributed by atoms with Crippen LogP contribution in [0.4, 0.5) is 4.79 Å². The summed E-state index contributed by atoms with van der Waals surface area (Å²) in [7, 11) is 0. The first-order valence-corrected chi connectivity index (χ1v) is 13.7. The summed E-state index contributed by atoms with van der Waals surface area (Å²) in [5.41, 5.74) is 0.873. The number of likely N-dealkylation sites (tertiary alicyclic amines) is 1. The Morgan fingerprint density at radius 2 is 1.79 bits per heavy atom. The Labute approximate surface area is 225 Å². The van der Waals surface area contributed by atoms with Crippen molar-refractivity contribution in [2.75, 3.05) is 19.6 Å². The molecule has 2 amide bonds. The zero-order chi connectivity index (χ0) is 28.1. The van der Waals surface area contributed by atoms with Gasteiger partial charge in [-0.3, -0.25) is 14.5 Å². The van der Waals surface area contributed by atoms with Gasteiger partial charge in [-0.15, -0.1) is 0 Å². The highest BCUT2D eigenvalue weighted by Gasteiger charge is 2.42. The lowest BCUT2D eigenvalue weighted by Gasteiger charge is -2.37. The maximum atomic E-state index is 13.5. The molecule has 2 aliphatic rings. The van der Waals surface area contributed by atoms with E-state index in [4.69, 9.17) is 9.84 Å². The average Bonchev–Trinajstić information content (AvgIpc) is 3.63. The number of aliphatic carboxylic acids is 2. The molecule has 0 aliphatic carbocycles. The molecule has 0 radical (unpaired) electrons. The predicted octanol–water partition coefficient (Wildman–Crippen LogP) is 3.74. The second-order valence-electron chi connectivity index (χ2n) is 9.93. The van der Waals surface area contributed by atoms with Crippen LogP contribution in [0.3, 0.4) is 0 Å². The molecule has 1 aromatic carbocycles. The Bertz CT molecular complexity index is 905. The Hall–Kier alpha value is -3.14. The molecule has 3 rings (SSSR count). The van der Waals surface area contributed by atoms with Crippen LogP contribution in [0.15, 0.2) is 30.3 Å². The van der Waals surface area contributed by atoms with Gasteiger partial charge < -0.3 is 25.2 Å². The number of carboxylic acid groups (broad SMARTS) is 2. The van der Waals surface area contributed by atoms with Gasteiger partial charge in [0.15, 0.2) is 0 Å². The van der Waals surface area contributed by atoms with Crippen LogP contribution in [0, 0.1) is 5.92 Å². The topological polar surface area (TPSA) is 136 Å². The minimum absolute atomic E-state index is 0.117. The molecule has 4 atom stereocenters. The lowest BCUT2D eigenvalue weighted by molar-refractivity contribution is -0.151. The molecule has 0 saturated carbocycles. The van der Waals surface area contributed by atoms with Crippen LogP contribution in [0.1, 0.15) is 71.3 Å². The molecular weight excluding hydrogens is 490 g/mol. The van der Waals surface area contributed by atoms with E-state index in [0.717, 1.165) is 37.8 Å². The first-order valence-electron chi connectivity index (χ1n) is 13.7. The van der Waals surface area contributed by atoms with Gasteiger partial charge in [-0.25, -0.2) is 9.59 Å². The first kappa shape index (κ1) is 31.1. The summed E-state index contributed by atoms with van der Waals surface area (Å²) in [6.07, 6.45) is 4.65. The predicted molar refractivity (Wildman–Crippen MR) is 143 cm³/mol. The molecule has 2 aliphatic heterocycles. The fourth-order valence-corrected chi connectivity index (χ4v) is 4.73. The quantitative estimate of drug-likeness (QED) is 0.391. The molecule has 0 bridgehead atoms. The number of carbonyl (C=O) groups excluding carboxylic acids is 2. The minimum Gasteiger partial charge on any atom is -0.480 e. The summed E-state index contributed by atoms with van der Waals surface area (Å²) >= 11 is 0. The van der Waals surface area contributed by atoms with Crippen LogP contribution in [-0.4, -0.2) is 81.7 Å². The third kappa shape index (κ3) is 9.01. The van der Waals surface area contributed by atoms with Gasteiger partial charge in [-0.2, -0.15) is 0 Å². The van der Waals surface area contributed by atoms with Gasteiger partial charge in [0, 0.05) is 13.1 Å². The number of hydrogen-bond acceptors (Lipinski definition) is 6. The van der Waals surface area contributed by atoms with Crippen molar-refractivity contribution >= 4 is 23.9 Å². The van der Waals surface area contributed by atoms with E-state index in [1.807, 2.05) is 51.1 Å². The van der Waals surface area contributed by atoms with Gasteiger partial charge in [0.05, 0.1) is 0 Å². The van der Waals surface area contributed by atoms with Crippen molar-refractivity contribution in [1.82, 2.24) is 15.1 Å². The van der Waals surface area contributed by atoms with Crippen LogP contribution >= 0.6 is 0 Å². The van der Waals surface area contributed by atoms with Crippen molar-refractivity contribution < 1.29 is 34.1 Å². The van der Waals surface area contributed by atoms with E-state index in [9.17, 15) is 24.3 Å². The van der Waals surface area contributed by atoms with Crippen molar-refractivity contribution in [3.63, 3.8) is 0 Å². The van der Waals surface area contributed by atoms with Crippen LogP contribution in [0.5, 0.6) is 0 Å². The molecule has 0 spiro atoms. The van der Waals surface area contributed by atoms with Crippen molar-refractivity contribution in [2.45, 2.75) is 90.4 Å². The van der Waals surface area contributed by atoms with E-state index in [1.54, 1.807) is 0 Å². The molecule has 212 valence electrons. The first-order chi connectivity index (χ1) is 18.2. The lowest BCUT2D eigenvalue weighted by atomic mass is 9.95. The number of rotatable bonds is 11. The second-order valence-corrected chi connectivity index (χ2v) is 9.93. The van der Waals surface area contributed by atoms with E-state index < -0.39 is 30.1 Å². The Morgan fingerprint density at radius 1 is 1.08 bits per heavy atom. The minimum atomic E-state index is -0.990. The maximum Gasteiger partial charge on any atom is 0.410 e. The maximum absolute atomic E-state index is 13.5. The average molecular weight is 534 g/mol. The van der Waals surface area contributed by atoms with Gasteiger partial charge >= 0.3 is 18.0 Å². The second kappa shape index (κ2) is 16.0. The molecule has 10 nitrogen and oxygen atoms in total. The van der Waals surface area contributed by atoms with Crippen LogP contribution < -0.4 is 5.32 Å². The third-order valence-electron chi connectivity index (χ3n) is 7.14. The van der Waals surface area contributed by atoms with Crippen molar-refractivity contribution in [3.8, 4) is 0 Å². The Kier molecular flexibility index (Phi) is 13.1. The van der Waals surface area contributed by atoms with Crippen molar-refractivity contribution in [1.29, 1.82) is 0 Å². The fourth-order valence-electron chi connectivity index (χ4n) is 4.73. The van der Waals surface area contributed by atoms with Gasteiger partial charge in [0.25, 0.3) is 0 Å². The largest absolute Gasteiger partial charge is 0.480 e. The molecule has 0 aromatic heterocycles. The number of hydrogen-bond donors (Lipinski definition) is 3. The summed E-state index contributed by atoms with van der Waals surface area (Å²) in [5, 5.41) is 20.7. The number of nitrogens with zero attached hydrogens (tertiary/aromatic N) is 2. The Morgan fingerprint density at radius 3 is 2.32 bits per heavy atom. The molecule has 2 saturated heterocycles. The lowest BCUT2D eigenvalue weighted by Crippen LogP contribution is -2.56. The number of nitrogens with one attached hydrogen (secondary N) is 1. The van der Waals surface area contributed by atoms with Crippen LogP contribution in [-0.2, 0) is 25.7 Å². The molecular formula is C28H43N3O7. The highest BCUT2D eigenvalue weighted by Crippen LogP contribution is 2.25. The zero-order valence-corrected chi connectivity index (χ0v) is 22.8. The monoisotopic (exact) mass is 533 g/mol. The van der Waals surface area contributed by atoms with Gasteiger partial charge in [-0.05, 0) is 50.1 Å². The fraction of sp³-hybridized carbons (Fsp3) is 0.643. The van der Waals surface area contributed by atoms with Gasteiger partial charge in [0.1, 0.15) is 24.7 Å². The highest BCUT2D eigenvalue weighted by molar-refractivity contribution is 5.90. The highest BCUT2D eigenvalue weighted by atomic mass is 16.6. The molecule has 38 heavy (non-hydrogen) atoms.